The molecule has 0 aromatic heterocycles. The van der Waals surface area contributed by atoms with Gasteiger partial charge in [0.15, 0.2) is 0 Å². The fourth-order valence-corrected chi connectivity index (χ4v) is 3.39. The van der Waals surface area contributed by atoms with Gasteiger partial charge < -0.3 is 20.9 Å². The van der Waals surface area contributed by atoms with Gasteiger partial charge in [-0.05, 0) is 22.3 Å². The zero-order chi connectivity index (χ0) is 21.7. The Morgan fingerprint density at radius 3 is 2.13 bits per heavy atom. The number of nitrogens with one attached hydrogen (secondary N) is 2. The molecule has 3 rings (SSSR count). The zero-order valence-electron chi connectivity index (χ0n) is 16.0. The minimum atomic E-state index is -1.29. The van der Waals surface area contributed by atoms with Gasteiger partial charge >= 0.3 is 12.1 Å². The summed E-state index contributed by atoms with van der Waals surface area (Å²) in [4.78, 5) is 46.0. The number of carboxylic acids is 1. The number of carbonyl (C=O) groups excluding carboxylic acids is 3. The molecule has 0 bridgehead atoms. The molecule has 2 aromatic carbocycles. The third-order valence-corrected chi connectivity index (χ3v) is 4.74. The van der Waals surface area contributed by atoms with Crippen LogP contribution in [0.25, 0.3) is 11.1 Å². The van der Waals surface area contributed by atoms with E-state index in [2.05, 4.69) is 5.32 Å². The Bertz CT molecular complexity index is 945. The number of alkyl carbamates (subject to hydrolysis) is 1. The first-order valence-electron chi connectivity index (χ1n) is 9.26. The van der Waals surface area contributed by atoms with Crippen LogP contribution in [-0.4, -0.2) is 48.2 Å². The third-order valence-electron chi connectivity index (χ3n) is 4.74. The molecule has 5 N–H and O–H groups in total. The Balaban J connectivity index is 1.53. The van der Waals surface area contributed by atoms with Gasteiger partial charge in [-0.2, -0.15) is 0 Å². The average Bonchev–Trinajstić information content (AvgIpc) is 3.04. The molecule has 0 saturated carbocycles. The Morgan fingerprint density at radius 2 is 1.57 bits per heavy atom. The number of benzene rings is 2. The second kappa shape index (κ2) is 9.19. The Kier molecular flexibility index (Phi) is 6.43. The molecular formula is C21H21N3O6. The molecule has 0 saturated heterocycles. The van der Waals surface area contributed by atoms with Gasteiger partial charge in [0.05, 0.1) is 12.5 Å². The van der Waals surface area contributed by atoms with Crippen LogP contribution in [0.5, 0.6) is 0 Å². The number of nitrogens with two attached hydrogens (primary N) is 1. The van der Waals surface area contributed by atoms with E-state index in [1.54, 1.807) is 0 Å². The van der Waals surface area contributed by atoms with Gasteiger partial charge in [-0.15, -0.1) is 0 Å². The molecule has 3 amide bonds. The second-order valence-corrected chi connectivity index (χ2v) is 6.80. The number of carboxylic acid groups (broad SMARTS) is 1. The van der Waals surface area contributed by atoms with E-state index in [9.17, 15) is 19.2 Å². The molecule has 1 aliphatic rings. The molecule has 0 heterocycles. The van der Waals surface area contributed by atoms with Gasteiger partial charge in [-0.25, -0.2) is 4.79 Å². The molecule has 1 atom stereocenters. The van der Waals surface area contributed by atoms with E-state index in [-0.39, 0.29) is 12.5 Å². The van der Waals surface area contributed by atoms with Crippen LogP contribution in [0, 0.1) is 0 Å². The van der Waals surface area contributed by atoms with E-state index in [0.29, 0.717) is 0 Å². The Hall–Kier alpha value is -3.72. The maximum Gasteiger partial charge on any atom is 0.413 e. The van der Waals surface area contributed by atoms with Crippen LogP contribution in [0.1, 0.15) is 23.5 Å². The lowest BCUT2D eigenvalue weighted by Crippen LogP contribution is -2.46. The summed E-state index contributed by atoms with van der Waals surface area (Å²) in [5, 5.41) is 12.6. The van der Waals surface area contributed by atoms with Crippen molar-refractivity contribution in [3.05, 3.63) is 59.7 Å². The van der Waals surface area contributed by atoms with Crippen LogP contribution in [0.3, 0.4) is 0 Å². The largest absolute Gasteiger partial charge is 0.480 e. The average molecular weight is 411 g/mol. The molecule has 0 unspecified atom stereocenters. The number of fused-ring (bicyclic) bond motifs is 3. The number of hydrogen-bond donors (Lipinski definition) is 4. The number of rotatable bonds is 7. The minimum absolute atomic E-state index is 0.0400. The second-order valence-electron chi connectivity index (χ2n) is 6.80. The molecule has 0 fully saturated rings. The van der Waals surface area contributed by atoms with Crippen molar-refractivity contribution in [2.75, 3.05) is 13.2 Å². The number of amides is 3. The maximum absolute atomic E-state index is 12.0. The van der Waals surface area contributed by atoms with Crippen molar-refractivity contribution in [3.63, 3.8) is 0 Å². The molecule has 9 nitrogen and oxygen atoms in total. The topological polar surface area (TPSA) is 148 Å². The van der Waals surface area contributed by atoms with E-state index >= 15 is 0 Å². The van der Waals surface area contributed by atoms with Crippen molar-refractivity contribution in [1.82, 2.24) is 10.6 Å². The van der Waals surface area contributed by atoms with E-state index in [4.69, 9.17) is 15.6 Å². The van der Waals surface area contributed by atoms with Gasteiger partial charge in [0.25, 0.3) is 0 Å². The number of carbonyl (C=O) groups is 4. The Morgan fingerprint density at radius 1 is 1.00 bits per heavy atom. The Labute approximate surface area is 172 Å². The van der Waals surface area contributed by atoms with Crippen molar-refractivity contribution in [3.8, 4) is 11.1 Å². The number of hydrogen-bond acceptors (Lipinski definition) is 6. The summed E-state index contributed by atoms with van der Waals surface area (Å²) < 4.78 is 5.24. The smallest absolute Gasteiger partial charge is 0.413 e. The summed E-state index contributed by atoms with van der Waals surface area (Å²) in [6, 6.07) is 14.4. The van der Waals surface area contributed by atoms with Gasteiger partial charge in [0, 0.05) is 5.92 Å². The number of aliphatic carboxylic acids is 1. The van der Waals surface area contributed by atoms with Crippen LogP contribution < -0.4 is 16.4 Å². The summed E-state index contributed by atoms with van der Waals surface area (Å²) in [7, 11) is 0. The lowest BCUT2D eigenvalue weighted by atomic mass is 9.98. The van der Waals surface area contributed by atoms with Crippen LogP contribution in [0.15, 0.2) is 48.5 Å². The fourth-order valence-electron chi connectivity index (χ4n) is 3.39. The lowest BCUT2D eigenvalue weighted by Gasteiger charge is -2.15. The van der Waals surface area contributed by atoms with Gasteiger partial charge in [-0.1, -0.05) is 48.5 Å². The fraction of sp³-hybridized carbons (Fsp3) is 0.238. The van der Waals surface area contributed by atoms with Gasteiger partial charge in [-0.3, -0.25) is 19.7 Å². The lowest BCUT2D eigenvalue weighted by molar-refractivity contribution is -0.138. The first-order chi connectivity index (χ1) is 14.4. The summed E-state index contributed by atoms with van der Waals surface area (Å²) in [5.41, 5.74) is 9.78. The predicted octanol–water partition coefficient (Wildman–Crippen LogP) is 0.970. The van der Waals surface area contributed by atoms with Crippen LogP contribution in [-0.2, 0) is 19.1 Å². The first-order valence-corrected chi connectivity index (χ1v) is 9.26. The summed E-state index contributed by atoms with van der Waals surface area (Å²) in [6.45, 7) is -0.571. The highest BCUT2D eigenvalue weighted by Gasteiger charge is 2.29. The molecule has 0 spiro atoms. The van der Waals surface area contributed by atoms with Crippen LogP contribution in [0.4, 0.5) is 4.79 Å². The van der Waals surface area contributed by atoms with Crippen molar-refractivity contribution in [1.29, 1.82) is 0 Å². The third kappa shape index (κ3) is 4.81. The molecule has 1 aliphatic carbocycles. The molecular weight excluding hydrogens is 390 g/mol. The van der Waals surface area contributed by atoms with Crippen molar-refractivity contribution in [2.24, 2.45) is 5.73 Å². The van der Waals surface area contributed by atoms with E-state index in [1.807, 2.05) is 53.8 Å². The van der Waals surface area contributed by atoms with Crippen LogP contribution in [0.2, 0.25) is 0 Å². The van der Waals surface area contributed by atoms with E-state index < -0.39 is 42.9 Å². The van der Waals surface area contributed by atoms with E-state index in [1.165, 1.54) is 0 Å². The monoisotopic (exact) mass is 411 g/mol. The predicted molar refractivity (Wildman–Crippen MR) is 106 cm³/mol. The summed E-state index contributed by atoms with van der Waals surface area (Å²) in [6.07, 6.45) is -1.43. The number of ether oxygens (including phenoxy) is 1. The SMILES string of the molecule is N[C@@H](CC(=O)NC(=O)OCC1c2ccccc2-c2ccccc21)C(=O)NCC(=O)O. The van der Waals surface area contributed by atoms with Crippen molar-refractivity contribution in [2.45, 2.75) is 18.4 Å². The first kappa shape index (κ1) is 21.0. The van der Waals surface area contributed by atoms with Gasteiger partial charge in [0.2, 0.25) is 11.8 Å². The highest BCUT2D eigenvalue weighted by Crippen LogP contribution is 2.44. The normalized spacial score (nSPS) is 13.0. The molecule has 9 heteroatoms. The quantitative estimate of drug-likeness (QED) is 0.530. The molecule has 0 aliphatic heterocycles. The van der Waals surface area contributed by atoms with E-state index in [0.717, 1.165) is 22.3 Å². The highest BCUT2D eigenvalue weighted by molar-refractivity contribution is 5.95. The highest BCUT2D eigenvalue weighted by atomic mass is 16.5. The van der Waals surface area contributed by atoms with Crippen molar-refractivity contribution >= 4 is 23.9 Å². The molecule has 2 aromatic rings. The van der Waals surface area contributed by atoms with Crippen LogP contribution >= 0.6 is 0 Å². The zero-order valence-corrected chi connectivity index (χ0v) is 16.0. The molecule has 156 valence electrons. The summed E-state index contributed by atoms with van der Waals surface area (Å²) >= 11 is 0. The van der Waals surface area contributed by atoms with Gasteiger partial charge in [0.1, 0.15) is 13.2 Å². The molecule has 0 radical (unpaired) electrons. The van der Waals surface area contributed by atoms with Crippen molar-refractivity contribution < 1.29 is 29.0 Å². The maximum atomic E-state index is 12.0. The molecule has 30 heavy (non-hydrogen) atoms. The summed E-state index contributed by atoms with van der Waals surface area (Å²) in [5.74, 6) is -2.99. The standard InChI is InChI=1S/C21H21N3O6/c22-17(20(28)23-10-19(26)27)9-18(25)24-21(29)30-11-16-14-7-3-1-5-12(14)13-6-2-4-8-15(13)16/h1-8,16-17H,9-11,22H2,(H,23,28)(H,26,27)(H,24,25,29)/t17-/m0/s1. The minimum Gasteiger partial charge on any atom is -0.480 e. The number of imide groups is 1.